The van der Waals surface area contributed by atoms with Crippen molar-refractivity contribution in [2.45, 2.75) is 32.4 Å². The van der Waals surface area contributed by atoms with E-state index in [2.05, 4.69) is 15.6 Å². The van der Waals surface area contributed by atoms with Crippen LogP contribution < -0.4 is 10.6 Å². The SMILES string of the molecule is Cc1cccc(NC(=O)C[C@H](NCCCn2ccnc2)C(=O)O)c1. The van der Waals surface area contributed by atoms with E-state index < -0.39 is 12.0 Å². The maximum atomic E-state index is 12.0. The van der Waals surface area contributed by atoms with Gasteiger partial charge in [-0.2, -0.15) is 0 Å². The highest BCUT2D eigenvalue weighted by molar-refractivity contribution is 5.94. The van der Waals surface area contributed by atoms with E-state index in [1.165, 1.54) is 0 Å². The topological polar surface area (TPSA) is 96.3 Å². The van der Waals surface area contributed by atoms with Gasteiger partial charge in [0.1, 0.15) is 6.04 Å². The number of carboxylic acid groups (broad SMARTS) is 1. The van der Waals surface area contributed by atoms with E-state index in [0.717, 1.165) is 18.5 Å². The number of hydrogen-bond acceptors (Lipinski definition) is 4. The lowest BCUT2D eigenvalue weighted by atomic mass is 10.1. The van der Waals surface area contributed by atoms with Gasteiger partial charge in [-0.15, -0.1) is 0 Å². The van der Waals surface area contributed by atoms with Gasteiger partial charge in [-0.05, 0) is 37.6 Å². The van der Waals surface area contributed by atoms with E-state index in [1.807, 2.05) is 35.9 Å². The Morgan fingerprint density at radius 2 is 2.21 bits per heavy atom. The van der Waals surface area contributed by atoms with E-state index >= 15 is 0 Å². The third-order valence-corrected chi connectivity index (χ3v) is 3.53. The molecule has 3 N–H and O–H groups in total. The van der Waals surface area contributed by atoms with Crippen LogP contribution >= 0.6 is 0 Å². The van der Waals surface area contributed by atoms with Crippen molar-refractivity contribution in [1.29, 1.82) is 0 Å². The minimum Gasteiger partial charge on any atom is -0.480 e. The Balaban J connectivity index is 1.77. The molecule has 7 nitrogen and oxygen atoms in total. The number of rotatable bonds is 9. The molecule has 24 heavy (non-hydrogen) atoms. The summed E-state index contributed by atoms with van der Waals surface area (Å²) in [5.74, 6) is -1.35. The maximum absolute atomic E-state index is 12.0. The number of amides is 1. The van der Waals surface area contributed by atoms with Gasteiger partial charge in [0.25, 0.3) is 0 Å². The number of anilines is 1. The Hall–Kier alpha value is -2.67. The summed E-state index contributed by atoms with van der Waals surface area (Å²) in [7, 11) is 0. The third kappa shape index (κ3) is 5.85. The van der Waals surface area contributed by atoms with Crippen LogP contribution in [0.3, 0.4) is 0 Å². The summed E-state index contributed by atoms with van der Waals surface area (Å²) in [5, 5.41) is 14.9. The van der Waals surface area contributed by atoms with Crippen molar-refractivity contribution in [3.8, 4) is 0 Å². The Labute approximate surface area is 140 Å². The molecule has 0 spiro atoms. The number of carbonyl (C=O) groups is 2. The van der Waals surface area contributed by atoms with Gasteiger partial charge in [0.05, 0.1) is 12.7 Å². The van der Waals surface area contributed by atoms with Crippen molar-refractivity contribution in [2.75, 3.05) is 11.9 Å². The van der Waals surface area contributed by atoms with Crippen molar-refractivity contribution >= 4 is 17.6 Å². The average molecular weight is 330 g/mol. The zero-order valence-electron chi connectivity index (χ0n) is 13.6. The van der Waals surface area contributed by atoms with Crippen LogP contribution in [0, 0.1) is 6.92 Å². The standard InChI is InChI=1S/C17H22N4O3/c1-13-4-2-5-14(10-13)20-16(22)11-15(17(23)24)19-6-3-8-21-9-7-18-12-21/h2,4-5,7,9-10,12,15,19H,3,6,8,11H2,1H3,(H,20,22)(H,23,24)/t15-/m0/s1. The third-order valence-electron chi connectivity index (χ3n) is 3.53. The zero-order valence-corrected chi connectivity index (χ0v) is 13.6. The molecule has 1 amide bonds. The minimum atomic E-state index is -1.03. The van der Waals surface area contributed by atoms with Crippen LogP contribution in [0.15, 0.2) is 43.0 Å². The highest BCUT2D eigenvalue weighted by Crippen LogP contribution is 2.10. The summed E-state index contributed by atoms with van der Waals surface area (Å²) < 4.78 is 1.92. The number of aliphatic carboxylic acids is 1. The smallest absolute Gasteiger partial charge is 0.321 e. The van der Waals surface area contributed by atoms with Gasteiger partial charge in [0.15, 0.2) is 0 Å². The molecule has 0 aliphatic carbocycles. The quantitative estimate of drug-likeness (QED) is 0.608. The van der Waals surface area contributed by atoms with Crippen LogP contribution in [0.4, 0.5) is 5.69 Å². The molecular weight excluding hydrogens is 308 g/mol. The molecule has 7 heteroatoms. The van der Waals surface area contributed by atoms with Crippen LogP contribution in [0.1, 0.15) is 18.4 Å². The molecule has 0 saturated heterocycles. The first-order valence-electron chi connectivity index (χ1n) is 7.83. The van der Waals surface area contributed by atoms with Gasteiger partial charge in [0, 0.05) is 24.6 Å². The Kier molecular flexibility index (Phi) is 6.51. The molecular formula is C17H22N4O3. The summed E-state index contributed by atoms with van der Waals surface area (Å²) in [4.78, 5) is 27.3. The molecule has 1 aromatic heterocycles. The Bertz CT molecular complexity index is 670. The largest absolute Gasteiger partial charge is 0.480 e. The Morgan fingerprint density at radius 3 is 2.88 bits per heavy atom. The van der Waals surface area contributed by atoms with E-state index in [0.29, 0.717) is 12.2 Å². The lowest BCUT2D eigenvalue weighted by molar-refractivity contribution is -0.141. The number of aromatic nitrogens is 2. The maximum Gasteiger partial charge on any atom is 0.321 e. The molecule has 0 bridgehead atoms. The second kappa shape index (κ2) is 8.83. The van der Waals surface area contributed by atoms with E-state index in [4.69, 9.17) is 0 Å². The highest BCUT2D eigenvalue weighted by Gasteiger charge is 2.20. The first kappa shape index (κ1) is 17.7. The van der Waals surface area contributed by atoms with Crippen LogP contribution in [0.25, 0.3) is 0 Å². The summed E-state index contributed by atoms with van der Waals surface area (Å²) in [6.07, 6.45) is 5.89. The molecule has 1 heterocycles. The van der Waals surface area contributed by atoms with Gasteiger partial charge in [-0.1, -0.05) is 12.1 Å². The zero-order chi connectivity index (χ0) is 17.4. The lowest BCUT2D eigenvalue weighted by Crippen LogP contribution is -2.40. The molecule has 0 radical (unpaired) electrons. The number of hydrogen-bond donors (Lipinski definition) is 3. The fraction of sp³-hybridized carbons (Fsp3) is 0.353. The second-order valence-electron chi connectivity index (χ2n) is 5.62. The van der Waals surface area contributed by atoms with Gasteiger partial charge < -0.3 is 20.3 Å². The highest BCUT2D eigenvalue weighted by atomic mass is 16.4. The number of benzene rings is 1. The molecule has 0 aliphatic rings. The number of imidazole rings is 1. The molecule has 1 aromatic carbocycles. The predicted octanol–water partition coefficient (Wildman–Crippen LogP) is 1.65. The summed E-state index contributed by atoms with van der Waals surface area (Å²) in [6, 6.07) is 6.48. The number of aryl methyl sites for hydroxylation is 2. The van der Waals surface area contributed by atoms with Crippen LogP contribution in [0.5, 0.6) is 0 Å². The number of carbonyl (C=O) groups excluding carboxylic acids is 1. The average Bonchev–Trinajstić information content (AvgIpc) is 3.03. The van der Waals surface area contributed by atoms with E-state index in [9.17, 15) is 14.7 Å². The fourth-order valence-electron chi connectivity index (χ4n) is 2.32. The lowest BCUT2D eigenvalue weighted by Gasteiger charge is -2.14. The number of carboxylic acids is 1. The minimum absolute atomic E-state index is 0.117. The normalized spacial score (nSPS) is 11.9. The second-order valence-corrected chi connectivity index (χ2v) is 5.62. The molecule has 1 atom stereocenters. The van der Waals surface area contributed by atoms with E-state index in [-0.39, 0.29) is 12.3 Å². The monoisotopic (exact) mass is 330 g/mol. The van der Waals surface area contributed by atoms with Crippen LogP contribution in [-0.4, -0.2) is 39.1 Å². The van der Waals surface area contributed by atoms with Crippen molar-refractivity contribution in [3.05, 3.63) is 48.5 Å². The first-order chi connectivity index (χ1) is 11.5. The van der Waals surface area contributed by atoms with Crippen molar-refractivity contribution in [3.63, 3.8) is 0 Å². The molecule has 2 aromatic rings. The molecule has 0 fully saturated rings. The molecule has 0 aliphatic heterocycles. The van der Waals surface area contributed by atoms with Gasteiger partial charge >= 0.3 is 5.97 Å². The number of nitrogens with zero attached hydrogens (tertiary/aromatic N) is 2. The predicted molar refractivity (Wildman–Crippen MR) is 90.7 cm³/mol. The number of nitrogens with one attached hydrogen (secondary N) is 2. The van der Waals surface area contributed by atoms with Crippen molar-refractivity contribution in [2.24, 2.45) is 0 Å². The van der Waals surface area contributed by atoms with E-state index in [1.54, 1.807) is 18.6 Å². The first-order valence-corrected chi connectivity index (χ1v) is 7.83. The summed E-state index contributed by atoms with van der Waals surface area (Å²) >= 11 is 0. The molecule has 2 rings (SSSR count). The summed E-state index contributed by atoms with van der Waals surface area (Å²) in [5.41, 5.74) is 1.70. The molecule has 0 unspecified atom stereocenters. The molecule has 0 saturated carbocycles. The summed E-state index contributed by atoms with van der Waals surface area (Å²) in [6.45, 7) is 3.18. The Morgan fingerprint density at radius 1 is 1.38 bits per heavy atom. The molecule has 128 valence electrons. The van der Waals surface area contributed by atoms with Crippen molar-refractivity contribution < 1.29 is 14.7 Å². The van der Waals surface area contributed by atoms with Crippen LogP contribution in [-0.2, 0) is 16.1 Å². The van der Waals surface area contributed by atoms with Gasteiger partial charge in [-0.25, -0.2) is 4.98 Å². The van der Waals surface area contributed by atoms with Gasteiger partial charge in [0.2, 0.25) is 5.91 Å². The van der Waals surface area contributed by atoms with Crippen molar-refractivity contribution in [1.82, 2.24) is 14.9 Å². The van der Waals surface area contributed by atoms with Gasteiger partial charge in [-0.3, -0.25) is 9.59 Å². The fourth-order valence-corrected chi connectivity index (χ4v) is 2.32. The van der Waals surface area contributed by atoms with Crippen LogP contribution in [0.2, 0.25) is 0 Å².